The van der Waals surface area contributed by atoms with Crippen molar-refractivity contribution < 1.29 is 14.3 Å². The number of carbonyl (C=O) groups excluding carboxylic acids is 1. The van der Waals surface area contributed by atoms with Gasteiger partial charge in [-0.1, -0.05) is 18.1 Å². The normalized spacial score (nSPS) is 20.5. The van der Waals surface area contributed by atoms with E-state index in [9.17, 15) is 4.79 Å². The Labute approximate surface area is 144 Å². The summed E-state index contributed by atoms with van der Waals surface area (Å²) in [5.41, 5.74) is 0.0902. The van der Waals surface area contributed by atoms with Crippen LogP contribution >= 0.6 is 0 Å². The molecular weight excluding hydrogens is 304 g/mol. The lowest BCUT2D eigenvalue weighted by Gasteiger charge is -2.27. The highest BCUT2D eigenvalue weighted by Crippen LogP contribution is 2.23. The highest BCUT2D eigenvalue weighted by Gasteiger charge is 2.39. The van der Waals surface area contributed by atoms with Crippen molar-refractivity contribution in [1.82, 2.24) is 10.2 Å². The Morgan fingerprint density at radius 2 is 2.04 bits per heavy atom. The Morgan fingerprint density at radius 3 is 2.58 bits per heavy atom. The number of nitrogens with one attached hydrogen (secondary N) is 1. The van der Waals surface area contributed by atoms with Gasteiger partial charge in [-0.05, 0) is 44.9 Å². The first-order valence-electron chi connectivity index (χ1n) is 8.11. The van der Waals surface area contributed by atoms with E-state index in [-0.39, 0.29) is 6.09 Å². The van der Waals surface area contributed by atoms with Crippen LogP contribution in [0.1, 0.15) is 32.8 Å². The van der Waals surface area contributed by atoms with Crippen LogP contribution in [-0.4, -0.2) is 42.3 Å². The van der Waals surface area contributed by atoms with E-state index in [1.807, 2.05) is 45.0 Å². The summed E-state index contributed by atoms with van der Waals surface area (Å²) in [4.78, 5) is 13.9. The Kier molecular flexibility index (Phi) is 5.40. The van der Waals surface area contributed by atoms with E-state index in [1.165, 1.54) is 0 Å². The molecule has 2 rings (SSSR count). The summed E-state index contributed by atoms with van der Waals surface area (Å²) in [6, 6.07) is 7.83. The van der Waals surface area contributed by atoms with Crippen molar-refractivity contribution in [3.63, 3.8) is 0 Å². The van der Waals surface area contributed by atoms with E-state index < -0.39 is 11.1 Å². The van der Waals surface area contributed by atoms with Gasteiger partial charge in [-0.3, -0.25) is 5.32 Å². The molecule has 0 aromatic heterocycles. The molecule has 1 saturated heterocycles. The van der Waals surface area contributed by atoms with Crippen molar-refractivity contribution >= 4 is 6.09 Å². The molecule has 1 unspecified atom stereocenters. The van der Waals surface area contributed by atoms with Gasteiger partial charge in [0.25, 0.3) is 0 Å². The van der Waals surface area contributed by atoms with Crippen LogP contribution < -0.4 is 10.1 Å². The number of hydrogen-bond donors (Lipinski definition) is 1. The summed E-state index contributed by atoms with van der Waals surface area (Å²) < 4.78 is 10.6. The summed E-state index contributed by atoms with van der Waals surface area (Å²) >= 11 is 0. The Balaban J connectivity index is 1.95. The van der Waals surface area contributed by atoms with Gasteiger partial charge in [0.05, 0.1) is 19.2 Å². The molecule has 1 aromatic rings. The van der Waals surface area contributed by atoms with Crippen molar-refractivity contribution in [3.8, 4) is 18.1 Å². The molecule has 1 N–H and O–H groups in total. The van der Waals surface area contributed by atoms with Crippen LogP contribution in [0.4, 0.5) is 4.79 Å². The van der Waals surface area contributed by atoms with Crippen LogP contribution in [-0.2, 0) is 11.3 Å². The molecule has 0 saturated carbocycles. The molecule has 1 atom stereocenters. The second kappa shape index (κ2) is 7.14. The number of methoxy groups -OCH3 is 1. The van der Waals surface area contributed by atoms with Crippen molar-refractivity contribution in [2.24, 2.45) is 0 Å². The van der Waals surface area contributed by atoms with Gasteiger partial charge in [-0.2, -0.15) is 0 Å². The van der Waals surface area contributed by atoms with Crippen LogP contribution in [0.25, 0.3) is 0 Å². The molecule has 5 nitrogen and oxygen atoms in total. The largest absolute Gasteiger partial charge is 0.497 e. The van der Waals surface area contributed by atoms with Gasteiger partial charge in [0, 0.05) is 13.1 Å². The first kappa shape index (κ1) is 18.2. The average molecular weight is 330 g/mol. The van der Waals surface area contributed by atoms with Crippen LogP contribution in [0.15, 0.2) is 24.3 Å². The van der Waals surface area contributed by atoms with E-state index in [1.54, 1.807) is 12.0 Å². The molecule has 0 spiro atoms. The van der Waals surface area contributed by atoms with Gasteiger partial charge in [0.15, 0.2) is 0 Å². The SMILES string of the molecule is C#CC1(NCc2ccc(OC)cc2)CCN(C(=O)OC(C)(C)C)C1. The minimum absolute atomic E-state index is 0.314. The molecule has 1 aliphatic rings. The smallest absolute Gasteiger partial charge is 0.410 e. The second-order valence-electron chi connectivity index (χ2n) is 7.08. The zero-order valence-corrected chi connectivity index (χ0v) is 14.9. The predicted molar refractivity (Wildman–Crippen MR) is 93.8 cm³/mol. The summed E-state index contributed by atoms with van der Waals surface area (Å²) in [5.74, 6) is 3.65. The fraction of sp³-hybridized carbons (Fsp3) is 0.526. The molecule has 1 aromatic carbocycles. The van der Waals surface area contributed by atoms with Crippen LogP contribution in [0.3, 0.4) is 0 Å². The lowest BCUT2D eigenvalue weighted by molar-refractivity contribution is 0.0286. The van der Waals surface area contributed by atoms with Crippen molar-refractivity contribution in [3.05, 3.63) is 29.8 Å². The first-order valence-corrected chi connectivity index (χ1v) is 8.11. The van der Waals surface area contributed by atoms with E-state index >= 15 is 0 Å². The highest BCUT2D eigenvalue weighted by molar-refractivity contribution is 5.69. The molecule has 5 heteroatoms. The number of benzene rings is 1. The number of amides is 1. The second-order valence-corrected chi connectivity index (χ2v) is 7.08. The Hall–Kier alpha value is -2.19. The average Bonchev–Trinajstić information content (AvgIpc) is 2.97. The van der Waals surface area contributed by atoms with E-state index in [4.69, 9.17) is 15.9 Å². The lowest BCUT2D eigenvalue weighted by atomic mass is 9.99. The monoisotopic (exact) mass is 330 g/mol. The maximum atomic E-state index is 12.2. The zero-order valence-electron chi connectivity index (χ0n) is 14.9. The van der Waals surface area contributed by atoms with Gasteiger partial charge in [0.1, 0.15) is 11.4 Å². The quantitative estimate of drug-likeness (QED) is 0.863. The summed E-state index contributed by atoms with van der Waals surface area (Å²) in [6.45, 7) is 7.26. The van der Waals surface area contributed by atoms with Crippen molar-refractivity contribution in [1.29, 1.82) is 0 Å². The number of carbonyl (C=O) groups is 1. The Bertz CT molecular complexity index is 613. The molecule has 24 heavy (non-hydrogen) atoms. The summed E-state index contributed by atoms with van der Waals surface area (Å²) in [7, 11) is 1.64. The van der Waals surface area contributed by atoms with E-state index in [0.29, 0.717) is 26.1 Å². The fourth-order valence-electron chi connectivity index (χ4n) is 2.62. The number of hydrogen-bond acceptors (Lipinski definition) is 4. The molecule has 1 fully saturated rings. The molecule has 0 bridgehead atoms. The molecule has 1 aliphatic heterocycles. The number of terminal acetylenes is 1. The third-order valence-corrected chi connectivity index (χ3v) is 3.99. The maximum absolute atomic E-state index is 12.2. The molecule has 0 radical (unpaired) electrons. The topological polar surface area (TPSA) is 50.8 Å². The third kappa shape index (κ3) is 4.65. The van der Waals surface area contributed by atoms with Crippen molar-refractivity contribution in [2.75, 3.05) is 20.2 Å². The van der Waals surface area contributed by atoms with Crippen LogP contribution in [0, 0.1) is 12.3 Å². The molecular formula is C19H26N2O3. The summed E-state index contributed by atoms with van der Waals surface area (Å²) in [6.07, 6.45) is 6.15. The number of nitrogens with zero attached hydrogens (tertiary/aromatic N) is 1. The van der Waals surface area contributed by atoms with Gasteiger partial charge in [-0.25, -0.2) is 4.79 Å². The minimum Gasteiger partial charge on any atom is -0.497 e. The molecule has 1 amide bonds. The highest BCUT2D eigenvalue weighted by atomic mass is 16.6. The van der Waals surface area contributed by atoms with Gasteiger partial charge < -0.3 is 14.4 Å². The van der Waals surface area contributed by atoms with Crippen LogP contribution in [0.5, 0.6) is 5.75 Å². The summed E-state index contributed by atoms with van der Waals surface area (Å²) in [5, 5.41) is 3.42. The third-order valence-electron chi connectivity index (χ3n) is 3.99. The zero-order chi connectivity index (χ0) is 17.8. The first-order chi connectivity index (χ1) is 11.3. The predicted octanol–water partition coefficient (Wildman–Crippen LogP) is 2.80. The number of rotatable bonds is 4. The number of ether oxygens (including phenoxy) is 2. The van der Waals surface area contributed by atoms with E-state index in [0.717, 1.165) is 11.3 Å². The molecule has 1 heterocycles. The standard InChI is InChI=1S/C19H26N2O3/c1-6-19(20-13-15-7-9-16(23-5)10-8-15)11-12-21(14-19)17(22)24-18(2,3)4/h1,7-10,20H,11-14H2,2-5H3. The Morgan fingerprint density at radius 1 is 1.38 bits per heavy atom. The van der Waals surface area contributed by atoms with Gasteiger partial charge >= 0.3 is 6.09 Å². The molecule has 0 aliphatic carbocycles. The lowest BCUT2D eigenvalue weighted by Crippen LogP contribution is -2.47. The minimum atomic E-state index is -0.517. The number of likely N-dealkylation sites (tertiary alicyclic amines) is 1. The van der Waals surface area contributed by atoms with Gasteiger partial charge in [0.2, 0.25) is 0 Å². The van der Waals surface area contributed by atoms with E-state index in [2.05, 4.69) is 11.2 Å². The van der Waals surface area contributed by atoms with Crippen molar-refractivity contribution in [2.45, 2.75) is 44.9 Å². The maximum Gasteiger partial charge on any atom is 0.410 e. The van der Waals surface area contributed by atoms with Crippen LogP contribution in [0.2, 0.25) is 0 Å². The fourth-order valence-corrected chi connectivity index (χ4v) is 2.62. The van der Waals surface area contributed by atoms with Gasteiger partial charge in [-0.15, -0.1) is 6.42 Å². The molecule has 130 valence electrons.